The molecule has 0 bridgehead atoms. The van der Waals surface area contributed by atoms with Crippen molar-refractivity contribution in [2.45, 2.75) is 18.5 Å². The van der Waals surface area contributed by atoms with Crippen LogP contribution < -0.4 is 15.8 Å². The summed E-state index contributed by atoms with van der Waals surface area (Å²) in [6.07, 6.45) is -12.8. The Morgan fingerprint density at radius 3 is 2.15 bits per heavy atom. The zero-order chi connectivity index (χ0) is 25.3. The normalized spacial score (nSPS) is 12.6. The number of anilines is 2. The number of pyridine rings is 1. The van der Waals surface area contributed by atoms with Crippen molar-refractivity contribution in [1.82, 2.24) is 20.4 Å². The van der Waals surface area contributed by atoms with Crippen LogP contribution in [0.5, 0.6) is 0 Å². The molecule has 2 heterocycles. The van der Waals surface area contributed by atoms with Crippen LogP contribution in [0.25, 0.3) is 10.9 Å². The van der Waals surface area contributed by atoms with Crippen LogP contribution in [0.15, 0.2) is 36.8 Å². The van der Waals surface area contributed by atoms with Crippen molar-refractivity contribution in [3.8, 4) is 0 Å². The van der Waals surface area contributed by atoms with Crippen molar-refractivity contribution in [1.29, 1.82) is 0 Å². The van der Waals surface area contributed by atoms with Gasteiger partial charge in [-0.2, -0.15) is 39.5 Å². The lowest BCUT2D eigenvalue weighted by Gasteiger charge is -2.27. The van der Waals surface area contributed by atoms with E-state index in [4.69, 9.17) is 0 Å². The van der Waals surface area contributed by atoms with E-state index in [1.165, 1.54) is 6.33 Å². The van der Waals surface area contributed by atoms with Gasteiger partial charge in [-0.25, -0.2) is 9.97 Å². The minimum atomic E-state index is -5.05. The van der Waals surface area contributed by atoms with E-state index >= 15 is 0 Å². The summed E-state index contributed by atoms with van der Waals surface area (Å²) in [6.45, 7) is -4.07. The number of aromatic amines is 1. The van der Waals surface area contributed by atoms with Crippen molar-refractivity contribution in [2.24, 2.45) is 0 Å². The average Bonchev–Trinajstić information content (AvgIpc) is 3.22. The summed E-state index contributed by atoms with van der Waals surface area (Å²) in [5.41, 5.74) is 1.71. The van der Waals surface area contributed by atoms with Crippen LogP contribution in [0.1, 0.15) is 16.1 Å². The number of hydrogen-bond acceptors (Lipinski definition) is 5. The number of rotatable bonds is 6. The summed E-state index contributed by atoms with van der Waals surface area (Å²) in [4.78, 5) is 21.7. The smallest absolute Gasteiger partial charge is 0.353 e. The number of H-pyrrole nitrogens is 1. The Kier molecular flexibility index (Phi) is 6.53. The first-order valence-electron chi connectivity index (χ1n) is 9.07. The molecule has 3 rings (SSSR count). The van der Waals surface area contributed by atoms with Gasteiger partial charge in [-0.15, -0.1) is 0 Å². The molecule has 0 aliphatic heterocycles. The number of hydrogen-bond donors (Lipinski definition) is 3. The number of carbonyl (C=O) groups excluding carboxylic acids is 1. The molecule has 1 amide bonds. The van der Waals surface area contributed by atoms with Gasteiger partial charge in [0.25, 0.3) is 5.91 Å². The summed E-state index contributed by atoms with van der Waals surface area (Å²) in [5.74, 6) is -1.28. The highest BCUT2D eigenvalue weighted by atomic mass is 19.4. The lowest BCUT2D eigenvalue weighted by atomic mass is 10.1. The van der Waals surface area contributed by atoms with E-state index in [2.05, 4.69) is 25.8 Å². The van der Waals surface area contributed by atoms with E-state index in [0.29, 0.717) is 12.1 Å². The second-order valence-electron chi connectivity index (χ2n) is 6.89. The molecule has 184 valence electrons. The largest absolute Gasteiger partial charge is 0.417 e. The molecule has 16 heteroatoms. The van der Waals surface area contributed by atoms with Gasteiger partial charge in [0, 0.05) is 11.1 Å². The van der Waals surface area contributed by atoms with Gasteiger partial charge in [0.05, 0.1) is 23.6 Å². The van der Waals surface area contributed by atoms with Crippen molar-refractivity contribution in [3.05, 3.63) is 48.0 Å². The number of nitrogens with one attached hydrogen (secondary N) is 3. The SMILES string of the molecule is O=C(NNc1cc(C(F)(F)F)c2cc(N(CC(F)(F)F)CC(F)(F)F)ccc2n1)c1cnc[nH]1. The molecule has 0 saturated carbocycles. The number of fused-ring (bicyclic) bond motifs is 1. The molecule has 0 unspecified atom stereocenters. The maximum Gasteiger partial charge on any atom is 0.417 e. The Labute approximate surface area is 183 Å². The number of alkyl halides is 9. The van der Waals surface area contributed by atoms with E-state index in [9.17, 15) is 44.3 Å². The molecule has 2 aromatic heterocycles. The molecular formula is C18H13F9N6O. The van der Waals surface area contributed by atoms with E-state index in [-0.39, 0.29) is 10.6 Å². The van der Waals surface area contributed by atoms with Gasteiger partial charge < -0.3 is 9.88 Å². The van der Waals surface area contributed by atoms with Crippen molar-refractivity contribution in [2.75, 3.05) is 23.4 Å². The second-order valence-corrected chi connectivity index (χ2v) is 6.89. The maximum atomic E-state index is 13.7. The first kappa shape index (κ1) is 24.9. The molecule has 0 saturated heterocycles. The fourth-order valence-electron chi connectivity index (χ4n) is 2.95. The third-order valence-electron chi connectivity index (χ3n) is 4.25. The van der Waals surface area contributed by atoms with E-state index in [1.807, 2.05) is 0 Å². The lowest BCUT2D eigenvalue weighted by molar-refractivity contribution is -0.138. The summed E-state index contributed by atoms with van der Waals surface area (Å²) in [5, 5.41) is -0.732. The minimum Gasteiger partial charge on any atom is -0.353 e. The fourth-order valence-corrected chi connectivity index (χ4v) is 2.95. The third kappa shape index (κ3) is 6.41. The lowest BCUT2D eigenvalue weighted by Crippen LogP contribution is -2.40. The molecule has 0 spiro atoms. The summed E-state index contributed by atoms with van der Waals surface area (Å²) in [7, 11) is 0. The van der Waals surface area contributed by atoms with Gasteiger partial charge in [0.2, 0.25) is 0 Å². The number of benzene rings is 1. The molecule has 0 aliphatic rings. The van der Waals surface area contributed by atoms with Crippen LogP contribution in [-0.2, 0) is 6.18 Å². The molecule has 34 heavy (non-hydrogen) atoms. The van der Waals surface area contributed by atoms with Crippen LogP contribution in [-0.4, -0.2) is 46.3 Å². The number of hydrazine groups is 1. The number of imidazole rings is 1. The zero-order valence-corrected chi connectivity index (χ0v) is 16.5. The van der Waals surface area contributed by atoms with E-state index in [1.54, 1.807) is 0 Å². The first-order chi connectivity index (χ1) is 15.6. The topological polar surface area (TPSA) is 85.9 Å². The van der Waals surface area contributed by atoms with Gasteiger partial charge in [0.15, 0.2) is 0 Å². The van der Waals surface area contributed by atoms with Gasteiger partial charge in [0.1, 0.15) is 24.6 Å². The first-order valence-corrected chi connectivity index (χ1v) is 9.07. The predicted octanol–water partition coefficient (Wildman–Crippen LogP) is 4.66. The second kappa shape index (κ2) is 8.90. The summed E-state index contributed by atoms with van der Waals surface area (Å²) < 4.78 is 118. The number of halogens is 9. The number of aromatic nitrogens is 3. The monoisotopic (exact) mass is 500 g/mol. The Morgan fingerprint density at radius 2 is 1.62 bits per heavy atom. The molecular weight excluding hydrogens is 487 g/mol. The van der Waals surface area contributed by atoms with Gasteiger partial charge in [-0.1, -0.05) is 0 Å². The zero-order valence-electron chi connectivity index (χ0n) is 16.5. The van der Waals surface area contributed by atoms with Crippen molar-refractivity contribution < 1.29 is 44.3 Å². The molecule has 3 aromatic rings. The van der Waals surface area contributed by atoms with Gasteiger partial charge >= 0.3 is 18.5 Å². The quantitative estimate of drug-likeness (QED) is 0.339. The highest BCUT2D eigenvalue weighted by Gasteiger charge is 2.38. The summed E-state index contributed by atoms with van der Waals surface area (Å²) >= 11 is 0. The molecule has 1 aromatic carbocycles. The van der Waals surface area contributed by atoms with Crippen LogP contribution in [0.3, 0.4) is 0 Å². The van der Waals surface area contributed by atoms with Crippen LogP contribution in [0.2, 0.25) is 0 Å². The predicted molar refractivity (Wildman–Crippen MR) is 101 cm³/mol. The standard InChI is InChI=1S/C18H13F9N6O/c19-16(20,21)6-33(7-17(22,23)24)9-1-2-12-10(3-9)11(18(25,26)27)4-14(30-12)31-32-15(34)13-5-28-8-29-13/h1-5,8H,6-7H2,(H,28,29)(H,30,31)(H,32,34). The minimum absolute atomic E-state index is 0.0246. The van der Waals surface area contributed by atoms with E-state index in [0.717, 1.165) is 18.3 Å². The third-order valence-corrected chi connectivity index (χ3v) is 4.25. The number of nitrogens with zero attached hydrogens (tertiary/aromatic N) is 3. The molecule has 0 atom stereocenters. The van der Waals surface area contributed by atoms with Gasteiger partial charge in [-0.3, -0.25) is 15.6 Å². The highest BCUT2D eigenvalue weighted by molar-refractivity contribution is 5.93. The van der Waals surface area contributed by atoms with Crippen molar-refractivity contribution in [3.63, 3.8) is 0 Å². The van der Waals surface area contributed by atoms with Crippen LogP contribution >= 0.6 is 0 Å². The molecule has 0 radical (unpaired) electrons. The molecule has 0 fully saturated rings. The van der Waals surface area contributed by atoms with Gasteiger partial charge in [-0.05, 0) is 24.3 Å². The number of amides is 1. The maximum absolute atomic E-state index is 13.7. The van der Waals surface area contributed by atoms with E-state index < -0.39 is 65.5 Å². The Balaban J connectivity index is 2.00. The Hall–Kier alpha value is -3.72. The average molecular weight is 500 g/mol. The highest BCUT2D eigenvalue weighted by Crippen LogP contribution is 2.38. The Morgan fingerprint density at radius 1 is 0.971 bits per heavy atom. The molecule has 3 N–H and O–H groups in total. The molecule has 7 nitrogen and oxygen atoms in total. The fraction of sp³-hybridized carbons (Fsp3) is 0.278. The van der Waals surface area contributed by atoms with Crippen molar-refractivity contribution >= 4 is 28.3 Å². The Bertz CT molecular complexity index is 1140. The van der Waals surface area contributed by atoms with Crippen LogP contribution in [0, 0.1) is 0 Å². The van der Waals surface area contributed by atoms with Crippen LogP contribution in [0.4, 0.5) is 51.0 Å². The number of carbonyl (C=O) groups is 1. The summed E-state index contributed by atoms with van der Waals surface area (Å²) in [6, 6.07) is 2.65. The molecule has 0 aliphatic carbocycles.